The summed E-state index contributed by atoms with van der Waals surface area (Å²) >= 11 is 0. The summed E-state index contributed by atoms with van der Waals surface area (Å²) in [7, 11) is 4.01. The summed E-state index contributed by atoms with van der Waals surface area (Å²) in [5, 5.41) is 12.2. The molecule has 1 unspecified atom stereocenters. The van der Waals surface area contributed by atoms with Gasteiger partial charge in [0.25, 0.3) is 0 Å². The highest BCUT2D eigenvalue weighted by molar-refractivity contribution is 5.73. The number of carbonyl (C=O) groups is 1. The number of likely N-dealkylation sites (N-methyl/N-ethyl adjacent to an activating group) is 1. The molecule has 4 heteroatoms. The fraction of sp³-hybridized carbons (Fsp3) is 0.917. The molecule has 0 saturated carbocycles. The van der Waals surface area contributed by atoms with Gasteiger partial charge in [0, 0.05) is 12.1 Å². The normalized spacial score (nSPS) is 14.1. The van der Waals surface area contributed by atoms with Crippen molar-refractivity contribution in [2.45, 2.75) is 51.6 Å². The Balaban J connectivity index is 4.16. The van der Waals surface area contributed by atoms with E-state index in [4.69, 9.17) is 5.11 Å². The Bertz CT molecular complexity index is 215. The molecule has 0 rings (SSSR count). The average Bonchev–Trinajstić information content (AvgIpc) is 2.16. The zero-order chi connectivity index (χ0) is 12.8. The molecule has 0 heterocycles. The smallest absolute Gasteiger partial charge is 0.320 e. The monoisotopic (exact) mass is 230 g/mol. The van der Waals surface area contributed by atoms with Gasteiger partial charge in [0.1, 0.15) is 6.04 Å². The van der Waals surface area contributed by atoms with Gasteiger partial charge >= 0.3 is 5.97 Å². The van der Waals surface area contributed by atoms with Crippen molar-refractivity contribution >= 4 is 5.97 Å². The molecule has 0 aromatic carbocycles. The van der Waals surface area contributed by atoms with Crippen molar-refractivity contribution in [2.75, 3.05) is 20.6 Å². The number of nitrogens with one attached hydrogen (secondary N) is 1. The molecule has 0 bridgehead atoms. The molecule has 2 N–H and O–H groups in total. The molecule has 0 aliphatic rings. The topological polar surface area (TPSA) is 52.6 Å². The Hall–Kier alpha value is -0.610. The van der Waals surface area contributed by atoms with Gasteiger partial charge in [-0.25, -0.2) is 0 Å². The van der Waals surface area contributed by atoms with Gasteiger partial charge in [-0.1, -0.05) is 19.8 Å². The summed E-state index contributed by atoms with van der Waals surface area (Å²) in [5.41, 5.74) is -0.0279. The first kappa shape index (κ1) is 15.4. The number of aliphatic carboxylic acids is 1. The van der Waals surface area contributed by atoms with Crippen LogP contribution in [0.25, 0.3) is 0 Å². The van der Waals surface area contributed by atoms with Gasteiger partial charge in [-0.3, -0.25) is 4.79 Å². The van der Waals surface area contributed by atoms with E-state index in [-0.39, 0.29) is 5.54 Å². The third-order valence-corrected chi connectivity index (χ3v) is 3.14. The van der Waals surface area contributed by atoms with E-state index in [1.165, 1.54) is 0 Å². The van der Waals surface area contributed by atoms with Crippen molar-refractivity contribution in [2.24, 2.45) is 0 Å². The van der Waals surface area contributed by atoms with Crippen LogP contribution in [0.4, 0.5) is 0 Å². The van der Waals surface area contributed by atoms with Gasteiger partial charge in [0.15, 0.2) is 0 Å². The van der Waals surface area contributed by atoms with Gasteiger partial charge < -0.3 is 15.3 Å². The van der Waals surface area contributed by atoms with Crippen LogP contribution in [-0.2, 0) is 4.79 Å². The first-order chi connectivity index (χ1) is 7.31. The maximum absolute atomic E-state index is 11.0. The van der Waals surface area contributed by atoms with Gasteiger partial charge in [0.2, 0.25) is 0 Å². The van der Waals surface area contributed by atoms with E-state index in [1.54, 1.807) is 0 Å². The highest BCUT2D eigenvalue weighted by atomic mass is 16.4. The zero-order valence-corrected chi connectivity index (χ0v) is 11.2. The fourth-order valence-electron chi connectivity index (χ4n) is 1.25. The average molecular weight is 230 g/mol. The number of carboxylic acids is 1. The third-order valence-electron chi connectivity index (χ3n) is 3.14. The van der Waals surface area contributed by atoms with E-state index >= 15 is 0 Å². The van der Waals surface area contributed by atoms with E-state index in [0.717, 1.165) is 12.8 Å². The molecule has 0 aromatic rings. The molecule has 0 aromatic heterocycles. The van der Waals surface area contributed by atoms with Crippen molar-refractivity contribution in [3.8, 4) is 0 Å². The molecule has 0 amide bonds. The molecule has 0 aliphatic heterocycles. The summed E-state index contributed by atoms with van der Waals surface area (Å²) in [5.74, 6) is -0.747. The summed E-state index contributed by atoms with van der Waals surface area (Å²) in [6.07, 6.45) is 2.68. The van der Waals surface area contributed by atoms with Crippen molar-refractivity contribution in [3.63, 3.8) is 0 Å². The van der Waals surface area contributed by atoms with Crippen LogP contribution in [0.2, 0.25) is 0 Å². The number of hydrogen-bond donors (Lipinski definition) is 2. The van der Waals surface area contributed by atoms with Crippen LogP contribution in [-0.4, -0.2) is 48.2 Å². The van der Waals surface area contributed by atoms with Gasteiger partial charge in [-0.15, -0.1) is 0 Å². The minimum absolute atomic E-state index is 0.0279. The van der Waals surface area contributed by atoms with E-state index in [9.17, 15) is 4.79 Å². The Labute approximate surface area is 99.0 Å². The first-order valence-corrected chi connectivity index (χ1v) is 5.95. The van der Waals surface area contributed by atoms with Gasteiger partial charge in [0.05, 0.1) is 0 Å². The predicted octanol–water partition coefficient (Wildman–Crippen LogP) is 1.56. The Morgan fingerprint density at radius 3 is 2.38 bits per heavy atom. The van der Waals surface area contributed by atoms with E-state index in [0.29, 0.717) is 13.0 Å². The molecule has 16 heavy (non-hydrogen) atoms. The number of rotatable bonds is 8. The molecule has 0 radical (unpaired) electrons. The second-order valence-electron chi connectivity index (χ2n) is 5.12. The van der Waals surface area contributed by atoms with Crippen molar-refractivity contribution < 1.29 is 9.90 Å². The molecule has 0 aliphatic carbocycles. The van der Waals surface area contributed by atoms with Crippen LogP contribution in [0, 0.1) is 0 Å². The van der Waals surface area contributed by atoms with Crippen molar-refractivity contribution in [1.29, 1.82) is 0 Å². The van der Waals surface area contributed by atoms with Crippen LogP contribution < -0.4 is 5.32 Å². The Kier molecular flexibility index (Phi) is 6.60. The molecule has 0 spiro atoms. The largest absolute Gasteiger partial charge is 0.480 e. The second-order valence-corrected chi connectivity index (χ2v) is 5.12. The van der Waals surface area contributed by atoms with E-state index in [1.807, 2.05) is 14.1 Å². The van der Waals surface area contributed by atoms with Crippen LogP contribution >= 0.6 is 0 Å². The lowest BCUT2D eigenvalue weighted by Gasteiger charge is -2.33. The lowest BCUT2D eigenvalue weighted by molar-refractivity contribution is -0.139. The number of carboxylic acid groups (broad SMARTS) is 1. The molecule has 96 valence electrons. The lowest BCUT2D eigenvalue weighted by atomic mass is 10.0. The number of hydrogen-bond acceptors (Lipinski definition) is 3. The maximum atomic E-state index is 11.0. The van der Waals surface area contributed by atoms with Crippen molar-refractivity contribution in [1.82, 2.24) is 10.2 Å². The maximum Gasteiger partial charge on any atom is 0.320 e. The van der Waals surface area contributed by atoms with Crippen LogP contribution in [0.15, 0.2) is 0 Å². The molecule has 0 fully saturated rings. The number of unbranched alkanes of at least 4 members (excludes halogenated alkanes) is 1. The summed E-state index contributed by atoms with van der Waals surface area (Å²) < 4.78 is 0. The summed E-state index contributed by atoms with van der Waals surface area (Å²) in [6.45, 7) is 6.95. The van der Waals surface area contributed by atoms with Crippen molar-refractivity contribution in [3.05, 3.63) is 0 Å². The fourth-order valence-corrected chi connectivity index (χ4v) is 1.25. The Morgan fingerprint density at radius 1 is 1.44 bits per heavy atom. The number of nitrogens with zero attached hydrogens (tertiary/aromatic N) is 1. The van der Waals surface area contributed by atoms with Gasteiger partial charge in [-0.2, -0.15) is 0 Å². The summed E-state index contributed by atoms with van der Waals surface area (Å²) in [6, 6.07) is -0.417. The standard InChI is InChI=1S/C12H26N2O2/c1-6-7-8-10(11(15)16)13-9-12(2,3)14(4)5/h10,13H,6-9H2,1-5H3,(H,15,16). The first-order valence-electron chi connectivity index (χ1n) is 5.95. The molecular weight excluding hydrogens is 204 g/mol. The predicted molar refractivity (Wildman–Crippen MR) is 66.7 cm³/mol. The van der Waals surface area contributed by atoms with E-state index < -0.39 is 12.0 Å². The van der Waals surface area contributed by atoms with Gasteiger partial charge in [-0.05, 0) is 34.4 Å². The zero-order valence-electron chi connectivity index (χ0n) is 11.2. The molecule has 0 saturated heterocycles. The molecule has 4 nitrogen and oxygen atoms in total. The molecular formula is C12H26N2O2. The highest BCUT2D eigenvalue weighted by Crippen LogP contribution is 2.09. The summed E-state index contributed by atoms with van der Waals surface area (Å²) in [4.78, 5) is 13.1. The van der Waals surface area contributed by atoms with Crippen LogP contribution in [0.3, 0.4) is 0 Å². The SMILES string of the molecule is CCCCC(NCC(C)(C)N(C)C)C(=O)O. The minimum atomic E-state index is -0.747. The second kappa shape index (κ2) is 6.86. The van der Waals surface area contributed by atoms with Crippen LogP contribution in [0.1, 0.15) is 40.0 Å². The highest BCUT2D eigenvalue weighted by Gasteiger charge is 2.24. The van der Waals surface area contributed by atoms with E-state index in [2.05, 4.69) is 31.0 Å². The molecule has 1 atom stereocenters. The quantitative estimate of drug-likeness (QED) is 0.664. The lowest BCUT2D eigenvalue weighted by Crippen LogP contribution is -2.50. The third kappa shape index (κ3) is 5.47. The minimum Gasteiger partial charge on any atom is -0.480 e. The Morgan fingerprint density at radius 2 is 2.00 bits per heavy atom. The van der Waals surface area contributed by atoms with Crippen LogP contribution in [0.5, 0.6) is 0 Å².